The van der Waals surface area contributed by atoms with Crippen LogP contribution < -0.4 is 4.90 Å². The summed E-state index contributed by atoms with van der Waals surface area (Å²) in [6, 6.07) is 5.62. The van der Waals surface area contributed by atoms with Gasteiger partial charge in [-0.3, -0.25) is 9.80 Å². The quantitative estimate of drug-likeness (QED) is 0.831. The van der Waals surface area contributed by atoms with Gasteiger partial charge < -0.3 is 10.0 Å². The van der Waals surface area contributed by atoms with Gasteiger partial charge >= 0.3 is 0 Å². The molecule has 0 amide bonds. The summed E-state index contributed by atoms with van der Waals surface area (Å²) in [5.41, 5.74) is 1.73. The highest BCUT2D eigenvalue weighted by Gasteiger charge is 2.17. The molecule has 124 valence electrons. The zero-order valence-electron chi connectivity index (χ0n) is 13.8. The van der Waals surface area contributed by atoms with Crippen molar-refractivity contribution in [2.45, 2.75) is 20.4 Å². The Morgan fingerprint density at radius 2 is 1.73 bits per heavy atom. The van der Waals surface area contributed by atoms with Crippen LogP contribution in [0.3, 0.4) is 0 Å². The van der Waals surface area contributed by atoms with Crippen LogP contribution in [0.15, 0.2) is 18.2 Å². The van der Waals surface area contributed by atoms with Crippen LogP contribution in [-0.4, -0.2) is 67.3 Å². The van der Waals surface area contributed by atoms with Gasteiger partial charge in [-0.15, -0.1) is 0 Å². The molecule has 0 unspecified atom stereocenters. The van der Waals surface area contributed by atoms with Crippen molar-refractivity contribution in [2.75, 3.05) is 57.3 Å². The number of nitrogens with zero attached hydrogens (tertiary/aromatic N) is 3. The Bertz CT molecular complexity index is 457. The van der Waals surface area contributed by atoms with Gasteiger partial charge in [-0.05, 0) is 31.5 Å². The highest BCUT2D eigenvalue weighted by atomic mass is 19.1. The number of rotatable bonds is 7. The van der Waals surface area contributed by atoms with E-state index < -0.39 is 0 Å². The average molecular weight is 309 g/mol. The van der Waals surface area contributed by atoms with Crippen LogP contribution in [0.1, 0.15) is 19.4 Å². The molecule has 1 heterocycles. The van der Waals surface area contributed by atoms with Crippen molar-refractivity contribution in [2.24, 2.45) is 0 Å². The van der Waals surface area contributed by atoms with Crippen LogP contribution in [0.25, 0.3) is 0 Å². The summed E-state index contributed by atoms with van der Waals surface area (Å²) in [7, 11) is 0. The van der Waals surface area contributed by atoms with Gasteiger partial charge in [0.05, 0.1) is 12.3 Å². The molecule has 2 rings (SSSR count). The Hall–Kier alpha value is -1.17. The Balaban J connectivity index is 1.93. The first kappa shape index (κ1) is 17.2. The van der Waals surface area contributed by atoms with Crippen molar-refractivity contribution in [3.8, 4) is 0 Å². The van der Waals surface area contributed by atoms with E-state index in [-0.39, 0.29) is 12.4 Å². The Kier molecular flexibility index (Phi) is 6.61. The van der Waals surface area contributed by atoms with E-state index in [9.17, 15) is 4.39 Å². The van der Waals surface area contributed by atoms with E-state index in [0.29, 0.717) is 5.69 Å². The van der Waals surface area contributed by atoms with Crippen molar-refractivity contribution in [1.82, 2.24) is 9.80 Å². The molecular formula is C17H28FN3O. The molecule has 4 nitrogen and oxygen atoms in total. The molecule has 0 saturated carbocycles. The highest BCUT2D eigenvalue weighted by molar-refractivity contribution is 5.49. The molecule has 1 aromatic carbocycles. The minimum atomic E-state index is -0.125. The first-order chi connectivity index (χ1) is 10.7. The van der Waals surface area contributed by atoms with Crippen molar-refractivity contribution < 1.29 is 9.50 Å². The first-order valence-electron chi connectivity index (χ1n) is 8.26. The van der Waals surface area contributed by atoms with E-state index in [0.717, 1.165) is 57.9 Å². The number of hydrogen-bond acceptors (Lipinski definition) is 4. The molecule has 0 aliphatic carbocycles. The van der Waals surface area contributed by atoms with E-state index in [4.69, 9.17) is 5.11 Å². The third kappa shape index (κ3) is 4.41. The zero-order chi connectivity index (χ0) is 15.9. The lowest BCUT2D eigenvalue weighted by atomic mass is 10.1. The third-order valence-corrected chi connectivity index (χ3v) is 4.40. The molecule has 5 heteroatoms. The average Bonchev–Trinajstić information content (AvgIpc) is 2.52. The van der Waals surface area contributed by atoms with Gasteiger partial charge in [0.25, 0.3) is 0 Å². The monoisotopic (exact) mass is 309 g/mol. The summed E-state index contributed by atoms with van der Waals surface area (Å²) in [6.45, 7) is 11.4. The lowest BCUT2D eigenvalue weighted by Crippen LogP contribution is -2.46. The second-order valence-electron chi connectivity index (χ2n) is 5.80. The van der Waals surface area contributed by atoms with Gasteiger partial charge in [0.1, 0.15) is 5.82 Å². The van der Waals surface area contributed by atoms with Crippen LogP contribution in [-0.2, 0) is 6.54 Å². The fourth-order valence-corrected chi connectivity index (χ4v) is 3.04. The van der Waals surface area contributed by atoms with E-state index in [2.05, 4.69) is 9.80 Å². The number of piperazine rings is 1. The van der Waals surface area contributed by atoms with Gasteiger partial charge in [0.15, 0.2) is 0 Å². The molecule has 0 atom stereocenters. The molecule has 0 aromatic heterocycles. The standard InChI is InChI=1S/C17H28FN3O/c1-3-21(4-2)17-6-5-15(13-16(17)18)14-20-9-7-19(8-10-20)11-12-22/h5-6,13,22H,3-4,7-12,14H2,1-2H3. The van der Waals surface area contributed by atoms with E-state index in [1.54, 1.807) is 6.07 Å². The number of anilines is 1. The molecule has 0 spiro atoms. The van der Waals surface area contributed by atoms with Gasteiger partial charge in [-0.1, -0.05) is 6.07 Å². The maximum Gasteiger partial charge on any atom is 0.146 e. The van der Waals surface area contributed by atoms with Crippen LogP contribution in [0, 0.1) is 5.82 Å². The number of aliphatic hydroxyl groups is 1. The fourth-order valence-electron chi connectivity index (χ4n) is 3.04. The number of aliphatic hydroxyl groups excluding tert-OH is 1. The van der Waals surface area contributed by atoms with Crippen molar-refractivity contribution >= 4 is 5.69 Å². The zero-order valence-corrected chi connectivity index (χ0v) is 13.8. The second kappa shape index (κ2) is 8.46. The SMILES string of the molecule is CCN(CC)c1ccc(CN2CCN(CCO)CC2)cc1F. The van der Waals surface area contributed by atoms with E-state index in [1.165, 1.54) is 0 Å². The normalized spacial score (nSPS) is 16.9. The van der Waals surface area contributed by atoms with Crippen LogP contribution >= 0.6 is 0 Å². The van der Waals surface area contributed by atoms with E-state index >= 15 is 0 Å². The number of benzene rings is 1. The number of halogens is 1. The summed E-state index contributed by atoms with van der Waals surface area (Å²) >= 11 is 0. The van der Waals surface area contributed by atoms with E-state index in [1.807, 2.05) is 30.9 Å². The van der Waals surface area contributed by atoms with Crippen molar-refractivity contribution in [1.29, 1.82) is 0 Å². The summed E-state index contributed by atoms with van der Waals surface area (Å²) in [5, 5.41) is 8.96. The predicted molar refractivity (Wildman–Crippen MR) is 88.8 cm³/mol. The molecule has 1 N–H and O–H groups in total. The summed E-state index contributed by atoms with van der Waals surface area (Å²) < 4.78 is 14.3. The van der Waals surface area contributed by atoms with Crippen LogP contribution in [0.4, 0.5) is 10.1 Å². The number of β-amino-alcohol motifs (C(OH)–C–C–N with tert-alkyl or cyclic N) is 1. The lowest BCUT2D eigenvalue weighted by molar-refractivity contribution is 0.108. The second-order valence-corrected chi connectivity index (χ2v) is 5.80. The molecule has 0 bridgehead atoms. The molecule has 0 radical (unpaired) electrons. The largest absolute Gasteiger partial charge is 0.395 e. The van der Waals surface area contributed by atoms with Crippen LogP contribution in [0.5, 0.6) is 0 Å². The lowest BCUT2D eigenvalue weighted by Gasteiger charge is -2.34. The fraction of sp³-hybridized carbons (Fsp3) is 0.647. The van der Waals surface area contributed by atoms with Gasteiger partial charge in [0, 0.05) is 52.4 Å². The van der Waals surface area contributed by atoms with Crippen LogP contribution in [0.2, 0.25) is 0 Å². The molecular weight excluding hydrogens is 281 g/mol. The summed E-state index contributed by atoms with van der Waals surface area (Å²) in [6.07, 6.45) is 0. The Morgan fingerprint density at radius 3 is 2.27 bits per heavy atom. The first-order valence-corrected chi connectivity index (χ1v) is 8.26. The highest BCUT2D eigenvalue weighted by Crippen LogP contribution is 2.21. The topological polar surface area (TPSA) is 30.0 Å². The Labute approximate surface area is 133 Å². The summed E-state index contributed by atoms with van der Waals surface area (Å²) in [4.78, 5) is 6.65. The predicted octanol–water partition coefficient (Wildman–Crippen LogP) is 1.78. The molecule has 22 heavy (non-hydrogen) atoms. The maximum absolute atomic E-state index is 14.3. The van der Waals surface area contributed by atoms with Crippen molar-refractivity contribution in [3.05, 3.63) is 29.6 Å². The maximum atomic E-state index is 14.3. The Morgan fingerprint density at radius 1 is 1.09 bits per heavy atom. The third-order valence-electron chi connectivity index (χ3n) is 4.40. The molecule has 1 aromatic rings. The smallest absolute Gasteiger partial charge is 0.146 e. The molecule has 1 aliphatic heterocycles. The summed E-state index contributed by atoms with van der Waals surface area (Å²) in [5.74, 6) is -0.125. The van der Waals surface area contributed by atoms with Gasteiger partial charge in [-0.2, -0.15) is 0 Å². The minimum absolute atomic E-state index is 0.125. The minimum Gasteiger partial charge on any atom is -0.395 e. The van der Waals surface area contributed by atoms with Gasteiger partial charge in [0.2, 0.25) is 0 Å². The number of hydrogen-bond donors (Lipinski definition) is 1. The molecule has 1 saturated heterocycles. The molecule has 1 fully saturated rings. The van der Waals surface area contributed by atoms with Gasteiger partial charge in [-0.25, -0.2) is 4.39 Å². The van der Waals surface area contributed by atoms with Crippen molar-refractivity contribution in [3.63, 3.8) is 0 Å². The molecule has 1 aliphatic rings.